The van der Waals surface area contributed by atoms with Crippen molar-refractivity contribution in [1.29, 1.82) is 0 Å². The summed E-state index contributed by atoms with van der Waals surface area (Å²) >= 11 is 0. The molecule has 0 aliphatic rings. The predicted molar refractivity (Wildman–Crippen MR) is 80.2 cm³/mol. The second kappa shape index (κ2) is 7.53. The molecule has 1 aromatic carbocycles. The standard InChI is InChI=1S/C17H21N2O/c1-2-12-19-13-6-7-15(14-19)10-11-17(18-20)16-8-4-3-5-9-16/h3-9,13-14,17H,2,10-12H2,1H3/q+1. The summed E-state index contributed by atoms with van der Waals surface area (Å²) in [6, 6.07) is 13.7. The normalized spacial score (nSPS) is 12.1. The lowest BCUT2D eigenvalue weighted by Crippen LogP contribution is -2.32. The number of benzene rings is 1. The van der Waals surface area contributed by atoms with Crippen LogP contribution in [0, 0.1) is 4.91 Å². The van der Waals surface area contributed by atoms with Crippen LogP contribution in [0.2, 0.25) is 0 Å². The zero-order valence-electron chi connectivity index (χ0n) is 11.9. The van der Waals surface area contributed by atoms with Crippen molar-refractivity contribution in [3.05, 3.63) is 70.9 Å². The number of hydrogen-bond acceptors (Lipinski definition) is 2. The molecule has 0 aliphatic heterocycles. The minimum absolute atomic E-state index is 0.254. The van der Waals surface area contributed by atoms with Crippen molar-refractivity contribution in [2.24, 2.45) is 5.18 Å². The van der Waals surface area contributed by atoms with Crippen LogP contribution in [0.3, 0.4) is 0 Å². The SMILES string of the molecule is CCC[n+]1cccc(CCC(N=O)c2ccccc2)c1. The van der Waals surface area contributed by atoms with Crippen LogP contribution < -0.4 is 4.57 Å². The highest BCUT2D eigenvalue weighted by atomic mass is 16.3. The van der Waals surface area contributed by atoms with Crippen molar-refractivity contribution in [3.63, 3.8) is 0 Å². The Hall–Kier alpha value is -2.03. The predicted octanol–water partition coefficient (Wildman–Crippen LogP) is 3.82. The van der Waals surface area contributed by atoms with E-state index < -0.39 is 0 Å². The molecule has 1 unspecified atom stereocenters. The second-order valence-corrected chi connectivity index (χ2v) is 5.02. The van der Waals surface area contributed by atoms with Crippen LogP contribution in [0.15, 0.2) is 60.0 Å². The number of nitroso groups, excluding NO2 is 1. The Morgan fingerprint density at radius 1 is 1.15 bits per heavy atom. The molecule has 20 heavy (non-hydrogen) atoms. The van der Waals surface area contributed by atoms with Gasteiger partial charge in [-0.2, -0.15) is 4.91 Å². The minimum Gasteiger partial charge on any atom is -0.205 e. The van der Waals surface area contributed by atoms with Crippen LogP contribution >= 0.6 is 0 Å². The van der Waals surface area contributed by atoms with Gasteiger partial charge >= 0.3 is 0 Å². The lowest BCUT2D eigenvalue weighted by molar-refractivity contribution is -0.697. The van der Waals surface area contributed by atoms with Gasteiger partial charge in [-0.15, -0.1) is 0 Å². The van der Waals surface area contributed by atoms with Gasteiger partial charge in [0, 0.05) is 18.1 Å². The van der Waals surface area contributed by atoms with Crippen molar-refractivity contribution in [2.45, 2.75) is 38.8 Å². The first kappa shape index (κ1) is 14.4. The summed E-state index contributed by atoms with van der Waals surface area (Å²) < 4.78 is 2.20. The number of rotatable bonds is 7. The molecule has 3 nitrogen and oxygen atoms in total. The summed E-state index contributed by atoms with van der Waals surface area (Å²) in [4.78, 5) is 11.0. The monoisotopic (exact) mass is 269 g/mol. The molecule has 1 heterocycles. The van der Waals surface area contributed by atoms with E-state index in [0.717, 1.165) is 31.4 Å². The molecule has 1 atom stereocenters. The Bertz CT molecular complexity index is 540. The summed E-state index contributed by atoms with van der Waals surface area (Å²) in [6.45, 7) is 3.20. The van der Waals surface area contributed by atoms with Crippen LogP contribution in [0.5, 0.6) is 0 Å². The molecular weight excluding hydrogens is 248 g/mol. The summed E-state index contributed by atoms with van der Waals surface area (Å²) in [5.74, 6) is 0. The molecule has 0 N–H and O–H groups in total. The topological polar surface area (TPSA) is 33.3 Å². The first-order valence-electron chi connectivity index (χ1n) is 7.19. The number of pyridine rings is 1. The molecule has 0 saturated carbocycles. The molecule has 0 bridgehead atoms. The van der Waals surface area contributed by atoms with Crippen molar-refractivity contribution in [1.82, 2.24) is 0 Å². The number of nitrogens with zero attached hydrogens (tertiary/aromatic N) is 2. The van der Waals surface area contributed by atoms with Crippen molar-refractivity contribution in [2.75, 3.05) is 0 Å². The van der Waals surface area contributed by atoms with Gasteiger partial charge in [0.15, 0.2) is 12.4 Å². The maximum atomic E-state index is 11.0. The molecule has 0 amide bonds. The Morgan fingerprint density at radius 3 is 2.65 bits per heavy atom. The van der Waals surface area contributed by atoms with Gasteiger partial charge in [-0.3, -0.25) is 0 Å². The van der Waals surface area contributed by atoms with Gasteiger partial charge in [-0.25, -0.2) is 4.57 Å². The van der Waals surface area contributed by atoms with E-state index >= 15 is 0 Å². The maximum absolute atomic E-state index is 11.0. The van der Waals surface area contributed by atoms with Gasteiger partial charge in [-0.1, -0.05) is 42.4 Å². The van der Waals surface area contributed by atoms with E-state index in [2.05, 4.69) is 41.2 Å². The van der Waals surface area contributed by atoms with Crippen molar-refractivity contribution < 1.29 is 4.57 Å². The molecule has 0 fully saturated rings. The molecular formula is C17H21N2O+. The fraction of sp³-hybridized carbons (Fsp3) is 0.353. The smallest absolute Gasteiger partial charge is 0.171 e. The average Bonchev–Trinajstić information content (AvgIpc) is 2.50. The lowest BCUT2D eigenvalue weighted by Gasteiger charge is -2.08. The Morgan fingerprint density at radius 2 is 1.95 bits per heavy atom. The van der Waals surface area contributed by atoms with Gasteiger partial charge in [0.1, 0.15) is 12.6 Å². The Balaban J connectivity index is 2.00. The van der Waals surface area contributed by atoms with Gasteiger partial charge in [0.05, 0.1) is 0 Å². The van der Waals surface area contributed by atoms with E-state index in [9.17, 15) is 4.91 Å². The van der Waals surface area contributed by atoms with E-state index in [4.69, 9.17) is 0 Å². The average molecular weight is 269 g/mol. The molecule has 3 heteroatoms. The summed E-state index contributed by atoms with van der Waals surface area (Å²) in [5.41, 5.74) is 2.25. The van der Waals surface area contributed by atoms with Crippen LogP contribution in [0.25, 0.3) is 0 Å². The first-order chi connectivity index (χ1) is 9.83. The summed E-state index contributed by atoms with van der Waals surface area (Å²) in [5, 5.41) is 3.28. The van der Waals surface area contributed by atoms with E-state index in [0.29, 0.717) is 0 Å². The van der Waals surface area contributed by atoms with Gasteiger partial charge < -0.3 is 0 Å². The van der Waals surface area contributed by atoms with E-state index in [1.165, 1.54) is 5.56 Å². The minimum atomic E-state index is -0.254. The highest BCUT2D eigenvalue weighted by Crippen LogP contribution is 2.22. The summed E-state index contributed by atoms with van der Waals surface area (Å²) in [6.07, 6.45) is 6.99. The fourth-order valence-corrected chi connectivity index (χ4v) is 2.38. The lowest BCUT2D eigenvalue weighted by atomic mass is 10.0. The zero-order chi connectivity index (χ0) is 14.2. The van der Waals surface area contributed by atoms with E-state index in [1.54, 1.807) is 0 Å². The first-order valence-corrected chi connectivity index (χ1v) is 7.19. The number of aryl methyl sites for hydroxylation is 2. The molecule has 0 spiro atoms. The van der Waals surface area contributed by atoms with Gasteiger partial charge in [0.2, 0.25) is 0 Å². The maximum Gasteiger partial charge on any atom is 0.171 e. The van der Waals surface area contributed by atoms with Crippen LogP contribution in [-0.2, 0) is 13.0 Å². The third-order valence-electron chi connectivity index (χ3n) is 3.42. The molecule has 104 valence electrons. The third kappa shape index (κ3) is 3.98. The van der Waals surface area contributed by atoms with Crippen LogP contribution in [-0.4, -0.2) is 0 Å². The van der Waals surface area contributed by atoms with Crippen molar-refractivity contribution in [3.8, 4) is 0 Å². The van der Waals surface area contributed by atoms with Crippen molar-refractivity contribution >= 4 is 0 Å². The molecule has 2 rings (SSSR count). The molecule has 0 saturated heterocycles. The van der Waals surface area contributed by atoms with Gasteiger partial charge in [0.25, 0.3) is 0 Å². The molecule has 2 aromatic rings. The largest absolute Gasteiger partial charge is 0.205 e. The summed E-state index contributed by atoms with van der Waals surface area (Å²) in [7, 11) is 0. The molecule has 0 aliphatic carbocycles. The van der Waals surface area contributed by atoms with E-state index in [-0.39, 0.29) is 6.04 Å². The van der Waals surface area contributed by atoms with Crippen LogP contribution in [0.1, 0.15) is 36.9 Å². The second-order valence-electron chi connectivity index (χ2n) is 5.02. The zero-order valence-corrected chi connectivity index (χ0v) is 11.9. The number of aromatic nitrogens is 1. The van der Waals surface area contributed by atoms with Crippen LogP contribution in [0.4, 0.5) is 0 Å². The Labute approximate surface area is 120 Å². The molecule has 0 radical (unpaired) electrons. The fourth-order valence-electron chi connectivity index (χ4n) is 2.38. The third-order valence-corrected chi connectivity index (χ3v) is 3.42. The number of hydrogen-bond donors (Lipinski definition) is 0. The molecule has 1 aromatic heterocycles. The Kier molecular flexibility index (Phi) is 5.42. The van der Waals surface area contributed by atoms with E-state index in [1.807, 2.05) is 30.3 Å². The highest BCUT2D eigenvalue weighted by molar-refractivity contribution is 5.19. The van der Waals surface area contributed by atoms with Gasteiger partial charge in [-0.05, 0) is 24.5 Å². The quantitative estimate of drug-likeness (QED) is 0.555. The highest BCUT2D eigenvalue weighted by Gasteiger charge is 2.12.